The highest BCUT2D eigenvalue weighted by atomic mass is 127. The van der Waals surface area contributed by atoms with Gasteiger partial charge in [-0.3, -0.25) is 0 Å². The third-order valence-electron chi connectivity index (χ3n) is 0.920. The molecule has 0 atom stereocenters. The van der Waals surface area contributed by atoms with Crippen LogP contribution in [0.5, 0.6) is 0 Å². The summed E-state index contributed by atoms with van der Waals surface area (Å²) in [7, 11) is -1.32. The first-order valence-electron chi connectivity index (χ1n) is 2.29. The number of hydrogen-bond donors (Lipinski definition) is 2. The molecule has 0 saturated carbocycles. The summed E-state index contributed by atoms with van der Waals surface area (Å²) in [5, 5.41) is 20.9. The van der Waals surface area contributed by atoms with Crippen LogP contribution in [0.25, 0.3) is 0 Å². The van der Waals surface area contributed by atoms with Gasteiger partial charge in [-0.15, -0.1) is 0 Å². The molecule has 0 unspecified atom stereocenters. The highest BCUT2D eigenvalue weighted by Crippen LogP contribution is 2.06. The second-order valence-electron chi connectivity index (χ2n) is 1.55. The Morgan fingerprint density at radius 1 is 1.44 bits per heavy atom. The van der Waals surface area contributed by atoms with Gasteiger partial charge in [-0.25, -0.2) is 0 Å². The molecule has 2 N–H and O–H groups in total. The predicted molar refractivity (Wildman–Crippen MR) is 46.9 cm³/mol. The van der Waals surface area contributed by atoms with Crippen LogP contribution in [0.3, 0.4) is 0 Å². The standard InChI is InChI=1S/C4H4BIO2S/c6-4-2-9-1-3(4)5(7)8/h1-2,7-8H. The first kappa shape index (κ1) is 7.52. The van der Waals surface area contributed by atoms with Crippen molar-refractivity contribution < 1.29 is 10.0 Å². The number of rotatable bonds is 1. The molecule has 1 aromatic rings. The van der Waals surface area contributed by atoms with Crippen LogP contribution >= 0.6 is 33.9 Å². The molecule has 9 heavy (non-hydrogen) atoms. The Kier molecular flexibility index (Phi) is 2.51. The van der Waals surface area contributed by atoms with Crippen LogP contribution in [-0.4, -0.2) is 17.2 Å². The second kappa shape index (κ2) is 3.00. The number of thiophene rings is 1. The average Bonchev–Trinajstić information content (AvgIpc) is 2.13. The maximum absolute atomic E-state index is 8.65. The minimum atomic E-state index is -1.32. The molecule has 0 fully saturated rings. The van der Waals surface area contributed by atoms with Crippen molar-refractivity contribution in [2.75, 3.05) is 0 Å². The summed E-state index contributed by atoms with van der Waals surface area (Å²) in [5.41, 5.74) is 0.598. The maximum Gasteiger partial charge on any atom is 0.490 e. The average molecular weight is 254 g/mol. The van der Waals surface area contributed by atoms with E-state index in [0.29, 0.717) is 5.46 Å². The fraction of sp³-hybridized carbons (Fsp3) is 0. The Bertz CT molecular complexity index is 200. The highest BCUT2D eigenvalue weighted by molar-refractivity contribution is 14.1. The summed E-state index contributed by atoms with van der Waals surface area (Å²) in [6.45, 7) is 0. The fourth-order valence-corrected chi connectivity index (χ4v) is 2.28. The van der Waals surface area contributed by atoms with Gasteiger partial charge in [0.25, 0.3) is 0 Å². The smallest absolute Gasteiger partial charge is 0.423 e. The van der Waals surface area contributed by atoms with Crippen molar-refractivity contribution in [3.63, 3.8) is 0 Å². The molecule has 1 aromatic heterocycles. The van der Waals surface area contributed by atoms with E-state index >= 15 is 0 Å². The molecular weight excluding hydrogens is 250 g/mol. The summed E-state index contributed by atoms with van der Waals surface area (Å²) in [5.74, 6) is 0. The van der Waals surface area contributed by atoms with Crippen LogP contribution in [0.2, 0.25) is 0 Å². The number of hydrogen-bond acceptors (Lipinski definition) is 3. The molecule has 0 aliphatic heterocycles. The summed E-state index contributed by atoms with van der Waals surface area (Å²) in [4.78, 5) is 0. The van der Waals surface area contributed by atoms with Crippen molar-refractivity contribution in [1.82, 2.24) is 0 Å². The second-order valence-corrected chi connectivity index (χ2v) is 3.45. The molecule has 1 heterocycles. The Hall–Kier alpha value is 0.415. The molecule has 2 nitrogen and oxygen atoms in total. The molecule has 0 spiro atoms. The molecular formula is C4H4BIO2S. The van der Waals surface area contributed by atoms with Gasteiger partial charge in [0.1, 0.15) is 0 Å². The van der Waals surface area contributed by atoms with Gasteiger partial charge in [-0.1, -0.05) is 0 Å². The first-order chi connectivity index (χ1) is 4.22. The van der Waals surface area contributed by atoms with E-state index in [0.717, 1.165) is 3.57 Å². The van der Waals surface area contributed by atoms with Crippen LogP contribution in [-0.2, 0) is 0 Å². The first-order valence-corrected chi connectivity index (χ1v) is 4.31. The lowest BCUT2D eigenvalue weighted by molar-refractivity contribution is 0.425. The van der Waals surface area contributed by atoms with E-state index in [-0.39, 0.29) is 0 Å². The quantitative estimate of drug-likeness (QED) is 0.548. The Morgan fingerprint density at radius 2 is 2.11 bits per heavy atom. The van der Waals surface area contributed by atoms with E-state index in [1.807, 2.05) is 5.38 Å². The Labute approximate surface area is 70.8 Å². The summed E-state index contributed by atoms with van der Waals surface area (Å²) in [6, 6.07) is 0. The Balaban J connectivity index is 2.94. The Morgan fingerprint density at radius 3 is 2.33 bits per heavy atom. The molecule has 0 saturated heterocycles. The molecule has 1 rings (SSSR count). The van der Waals surface area contributed by atoms with Crippen LogP contribution in [0.15, 0.2) is 10.8 Å². The molecule has 0 bridgehead atoms. The minimum absolute atomic E-state index is 0.598. The normalized spacial score (nSPS) is 9.67. The lowest BCUT2D eigenvalue weighted by atomic mass is 9.83. The van der Waals surface area contributed by atoms with Gasteiger partial charge in [0.15, 0.2) is 0 Å². The molecule has 0 aliphatic rings. The van der Waals surface area contributed by atoms with Crippen LogP contribution in [0.1, 0.15) is 0 Å². The highest BCUT2D eigenvalue weighted by Gasteiger charge is 2.14. The van der Waals surface area contributed by atoms with Gasteiger partial charge in [-0.2, -0.15) is 11.3 Å². The third kappa shape index (κ3) is 1.67. The van der Waals surface area contributed by atoms with E-state index in [1.165, 1.54) is 11.3 Å². The van der Waals surface area contributed by atoms with E-state index in [9.17, 15) is 0 Å². The number of halogens is 1. The predicted octanol–water partition coefficient (Wildman–Crippen LogP) is 0.0325. The molecule has 0 aliphatic carbocycles. The third-order valence-corrected chi connectivity index (χ3v) is 3.04. The zero-order valence-electron chi connectivity index (χ0n) is 4.41. The van der Waals surface area contributed by atoms with Crippen molar-refractivity contribution in [3.05, 3.63) is 14.3 Å². The van der Waals surface area contributed by atoms with Crippen molar-refractivity contribution >= 4 is 46.5 Å². The van der Waals surface area contributed by atoms with Crippen molar-refractivity contribution in [2.45, 2.75) is 0 Å². The van der Waals surface area contributed by atoms with Gasteiger partial charge in [0.05, 0.1) is 0 Å². The van der Waals surface area contributed by atoms with Crippen molar-refractivity contribution in [2.24, 2.45) is 0 Å². The lowest BCUT2D eigenvalue weighted by Gasteiger charge is -1.92. The molecule has 0 amide bonds. The van der Waals surface area contributed by atoms with Crippen LogP contribution in [0.4, 0.5) is 0 Å². The van der Waals surface area contributed by atoms with E-state index in [4.69, 9.17) is 10.0 Å². The van der Waals surface area contributed by atoms with Crippen molar-refractivity contribution in [3.8, 4) is 0 Å². The molecule has 5 heteroatoms. The van der Waals surface area contributed by atoms with E-state index < -0.39 is 7.12 Å². The van der Waals surface area contributed by atoms with Gasteiger partial charge in [0.2, 0.25) is 0 Å². The zero-order chi connectivity index (χ0) is 6.85. The SMILES string of the molecule is OB(O)c1cscc1I. The van der Waals surface area contributed by atoms with Crippen molar-refractivity contribution in [1.29, 1.82) is 0 Å². The monoisotopic (exact) mass is 254 g/mol. The molecule has 0 radical (unpaired) electrons. The summed E-state index contributed by atoms with van der Waals surface area (Å²) < 4.78 is 0.910. The van der Waals surface area contributed by atoms with Gasteiger partial charge in [0, 0.05) is 14.4 Å². The van der Waals surface area contributed by atoms with Crippen LogP contribution in [0, 0.1) is 3.57 Å². The molecule has 48 valence electrons. The summed E-state index contributed by atoms with van der Waals surface area (Å²) in [6.07, 6.45) is 0. The zero-order valence-corrected chi connectivity index (χ0v) is 7.39. The largest absolute Gasteiger partial charge is 0.490 e. The van der Waals surface area contributed by atoms with E-state index in [2.05, 4.69) is 22.6 Å². The van der Waals surface area contributed by atoms with Gasteiger partial charge < -0.3 is 10.0 Å². The van der Waals surface area contributed by atoms with Gasteiger partial charge >= 0.3 is 7.12 Å². The lowest BCUT2D eigenvalue weighted by Crippen LogP contribution is -2.30. The van der Waals surface area contributed by atoms with E-state index in [1.54, 1.807) is 5.38 Å². The van der Waals surface area contributed by atoms with Gasteiger partial charge in [-0.05, 0) is 28.0 Å². The van der Waals surface area contributed by atoms with Crippen LogP contribution < -0.4 is 5.46 Å². The molecule has 0 aromatic carbocycles. The maximum atomic E-state index is 8.65. The topological polar surface area (TPSA) is 40.5 Å². The minimum Gasteiger partial charge on any atom is -0.423 e. The fourth-order valence-electron chi connectivity index (χ4n) is 0.476. The summed E-state index contributed by atoms with van der Waals surface area (Å²) >= 11 is 3.53.